The first kappa shape index (κ1) is 56.9. The van der Waals surface area contributed by atoms with Crippen LogP contribution in [0, 0.1) is 29.1 Å². The monoisotopic (exact) mass is 984 g/mol. The fourth-order valence-electron chi connectivity index (χ4n) is 12.1. The second-order valence-electron chi connectivity index (χ2n) is 21.3. The standard InChI is InChI=1S/C56H94N3O9P/c1-7-9-11-13-15-17-19-21-24-41(3)66-69(63,67-42(4)25-22-20-18-16-14-12-10-8-2)68-44-27-29-45-43(40-44)26-28-47-46(45)34-36-56(5)48(47)30-33-51(56)65-39-35-52(60)58-37-23-38-59-55(62)53-50(64-6)32-31-49(57)54(53)61/h27,31-32,40-42,45-48,51,61H,7-26,28-30,33-39,57H2,1-6H3,(H,58,60)(H,59,62). The number of amides is 2. The van der Waals surface area contributed by atoms with Crippen LogP contribution in [0.25, 0.3) is 0 Å². The Kier molecular flexibility index (Phi) is 24.3. The predicted octanol–water partition coefficient (Wildman–Crippen LogP) is 14.1. The number of benzene rings is 1. The van der Waals surface area contributed by atoms with Crippen molar-refractivity contribution >= 4 is 25.3 Å². The Bertz CT molecular complexity index is 1810. The van der Waals surface area contributed by atoms with Gasteiger partial charge in [-0.1, -0.05) is 129 Å². The van der Waals surface area contributed by atoms with Crippen molar-refractivity contribution in [3.8, 4) is 11.5 Å². The number of aromatic hydroxyl groups is 1. The zero-order chi connectivity index (χ0) is 49.7. The molecule has 13 heteroatoms. The predicted molar refractivity (Wildman–Crippen MR) is 278 cm³/mol. The molecule has 0 aliphatic heterocycles. The number of fused-ring (bicyclic) bond motifs is 5. The van der Waals surface area contributed by atoms with Crippen molar-refractivity contribution in [1.82, 2.24) is 10.6 Å². The Balaban J connectivity index is 1.06. The fraction of sp³-hybridized carbons (Fsp3) is 0.786. The van der Waals surface area contributed by atoms with Crippen molar-refractivity contribution in [1.29, 1.82) is 0 Å². The highest BCUT2D eigenvalue weighted by atomic mass is 31.2. The summed E-state index contributed by atoms with van der Waals surface area (Å²) < 4.78 is 45.5. The number of carbonyl (C=O) groups is 2. The van der Waals surface area contributed by atoms with Crippen molar-refractivity contribution in [3.63, 3.8) is 0 Å². The molecule has 3 saturated carbocycles. The number of rotatable bonds is 34. The summed E-state index contributed by atoms with van der Waals surface area (Å²) in [5.41, 5.74) is 7.38. The number of methoxy groups -OCH3 is 1. The molecule has 12 nitrogen and oxygen atoms in total. The number of nitrogen functional groups attached to an aromatic ring is 1. The largest absolute Gasteiger partial charge is 0.530 e. The van der Waals surface area contributed by atoms with Gasteiger partial charge in [0, 0.05) is 19.5 Å². The number of ether oxygens (including phenoxy) is 2. The Labute approximate surface area is 417 Å². The van der Waals surface area contributed by atoms with E-state index < -0.39 is 13.7 Å². The van der Waals surface area contributed by atoms with Crippen LogP contribution in [0.2, 0.25) is 0 Å². The minimum Gasteiger partial charge on any atom is -0.505 e. The van der Waals surface area contributed by atoms with Crippen LogP contribution in [0.4, 0.5) is 5.69 Å². The molecule has 8 unspecified atom stereocenters. The smallest absolute Gasteiger partial charge is 0.505 e. The van der Waals surface area contributed by atoms with Crippen molar-refractivity contribution in [2.24, 2.45) is 29.1 Å². The van der Waals surface area contributed by atoms with Crippen molar-refractivity contribution in [3.05, 3.63) is 41.2 Å². The normalized spacial score (nSPS) is 24.7. The van der Waals surface area contributed by atoms with E-state index in [-0.39, 0.29) is 58.8 Å². The summed E-state index contributed by atoms with van der Waals surface area (Å²) in [5.74, 6) is 2.30. The SMILES string of the molecule is CCCCCCCCCCC(C)OP(=O)(OC1=CCC2C(=C1)CCC1C2CCC2(C)C(OCCC(=O)NCCCNC(=O)c3c(OC)ccc(N)c3O)CCC12)OC(C)CCCCCCCCCC. The van der Waals surface area contributed by atoms with E-state index in [1.54, 1.807) is 6.07 Å². The number of phosphoric ester groups is 1. The van der Waals surface area contributed by atoms with Crippen LogP contribution in [0.3, 0.4) is 0 Å². The van der Waals surface area contributed by atoms with E-state index in [0.29, 0.717) is 55.5 Å². The van der Waals surface area contributed by atoms with Gasteiger partial charge in [0.15, 0.2) is 5.75 Å². The highest BCUT2D eigenvalue weighted by molar-refractivity contribution is 7.48. The summed E-state index contributed by atoms with van der Waals surface area (Å²) in [7, 11) is -2.45. The molecule has 4 aliphatic rings. The summed E-state index contributed by atoms with van der Waals surface area (Å²) >= 11 is 0. The summed E-state index contributed by atoms with van der Waals surface area (Å²) in [5, 5.41) is 16.0. The number of nitrogens with two attached hydrogens (primary N) is 1. The molecule has 0 spiro atoms. The first-order chi connectivity index (χ1) is 33.3. The Morgan fingerprint density at radius 3 is 2.04 bits per heavy atom. The van der Waals surface area contributed by atoms with E-state index in [0.717, 1.165) is 70.6 Å². The first-order valence-electron chi connectivity index (χ1n) is 27.7. The lowest BCUT2D eigenvalue weighted by molar-refractivity contribution is -0.124. The second kappa shape index (κ2) is 29.5. The number of hydrogen-bond acceptors (Lipinski definition) is 10. The van der Waals surface area contributed by atoms with Gasteiger partial charge in [0.2, 0.25) is 5.91 Å². The maximum absolute atomic E-state index is 14.6. The molecule has 69 heavy (non-hydrogen) atoms. The highest BCUT2D eigenvalue weighted by Crippen LogP contribution is 2.63. The summed E-state index contributed by atoms with van der Waals surface area (Å²) in [6.45, 7) is 12.1. The molecule has 3 fully saturated rings. The molecule has 0 radical (unpaired) electrons. The van der Waals surface area contributed by atoms with E-state index in [1.807, 2.05) is 13.8 Å². The van der Waals surface area contributed by atoms with Gasteiger partial charge in [-0.2, -0.15) is 0 Å². The molecular weight excluding hydrogens is 890 g/mol. The average molecular weight is 984 g/mol. The van der Waals surface area contributed by atoms with E-state index in [9.17, 15) is 19.3 Å². The maximum Gasteiger partial charge on any atom is 0.530 e. The average Bonchev–Trinajstić information content (AvgIpc) is 3.66. The quantitative estimate of drug-likeness (QED) is 0.0226. The molecule has 5 rings (SSSR count). The summed E-state index contributed by atoms with van der Waals surface area (Å²) in [6.07, 6.45) is 33.9. The van der Waals surface area contributed by atoms with Gasteiger partial charge < -0.3 is 35.5 Å². The molecule has 0 aromatic heterocycles. The van der Waals surface area contributed by atoms with Gasteiger partial charge in [0.1, 0.15) is 17.1 Å². The molecule has 2 amide bonds. The summed E-state index contributed by atoms with van der Waals surface area (Å²) in [6, 6.07) is 3.02. The molecule has 1 aromatic rings. The zero-order valence-electron chi connectivity index (χ0n) is 43.8. The number of phosphoric acid groups is 1. The number of hydrogen-bond donors (Lipinski definition) is 4. The molecule has 5 N–H and O–H groups in total. The third-order valence-electron chi connectivity index (χ3n) is 16.1. The van der Waals surface area contributed by atoms with Crippen LogP contribution in [0.15, 0.2) is 35.6 Å². The van der Waals surface area contributed by atoms with Crippen molar-refractivity contribution in [2.75, 3.05) is 32.5 Å². The lowest BCUT2D eigenvalue weighted by Gasteiger charge is -2.53. The van der Waals surface area contributed by atoms with E-state index in [4.69, 9.17) is 28.8 Å². The van der Waals surface area contributed by atoms with Gasteiger partial charge in [-0.05, 0) is 131 Å². The molecule has 0 heterocycles. The third kappa shape index (κ3) is 17.3. The molecule has 8 atom stereocenters. The Morgan fingerprint density at radius 2 is 1.42 bits per heavy atom. The molecule has 4 aliphatic carbocycles. The number of phenols is 1. The number of carbonyl (C=O) groups excluding carboxylic acids is 2. The van der Waals surface area contributed by atoms with Gasteiger partial charge in [0.05, 0.1) is 37.7 Å². The van der Waals surface area contributed by atoms with Gasteiger partial charge in [-0.15, -0.1) is 0 Å². The van der Waals surface area contributed by atoms with Gasteiger partial charge in [-0.3, -0.25) is 18.6 Å². The first-order valence-corrected chi connectivity index (χ1v) is 29.2. The Morgan fingerprint density at radius 1 is 0.812 bits per heavy atom. The van der Waals surface area contributed by atoms with Crippen LogP contribution in [-0.4, -0.2) is 62.0 Å². The fourth-order valence-corrected chi connectivity index (χ4v) is 13.8. The maximum atomic E-state index is 14.6. The summed E-state index contributed by atoms with van der Waals surface area (Å²) in [4.78, 5) is 25.5. The third-order valence-corrected chi connectivity index (χ3v) is 17.7. The minimum absolute atomic E-state index is 0.00499. The van der Waals surface area contributed by atoms with E-state index >= 15 is 0 Å². The van der Waals surface area contributed by atoms with Crippen LogP contribution in [0.5, 0.6) is 11.5 Å². The molecule has 0 saturated heterocycles. The van der Waals surface area contributed by atoms with Crippen LogP contribution < -0.4 is 21.1 Å². The lowest BCUT2D eigenvalue weighted by Crippen LogP contribution is -2.47. The van der Waals surface area contributed by atoms with Gasteiger partial charge in [0.25, 0.3) is 5.91 Å². The van der Waals surface area contributed by atoms with E-state index in [1.165, 1.54) is 109 Å². The number of nitrogens with one attached hydrogen (secondary N) is 2. The minimum atomic E-state index is -3.88. The topological polar surface area (TPSA) is 168 Å². The number of phenolic OH excluding ortho intramolecular Hbond substituents is 1. The van der Waals surface area contributed by atoms with Crippen LogP contribution in [-0.2, 0) is 27.7 Å². The van der Waals surface area contributed by atoms with Crippen LogP contribution in [0.1, 0.15) is 218 Å². The molecule has 392 valence electrons. The lowest BCUT2D eigenvalue weighted by atomic mass is 9.52. The number of anilines is 1. The van der Waals surface area contributed by atoms with Crippen molar-refractivity contribution in [2.45, 2.75) is 226 Å². The molecule has 0 bridgehead atoms. The number of unbranched alkanes of at least 4 members (excludes halogenated alkanes) is 14. The van der Waals surface area contributed by atoms with E-state index in [2.05, 4.69) is 43.6 Å². The highest BCUT2D eigenvalue weighted by Gasteiger charge is 2.56. The molecular formula is C56H94N3O9P. The van der Waals surface area contributed by atoms with Crippen LogP contribution >= 0.6 is 7.82 Å². The van der Waals surface area contributed by atoms with Gasteiger partial charge >= 0.3 is 7.82 Å². The van der Waals surface area contributed by atoms with Gasteiger partial charge in [-0.25, -0.2) is 4.57 Å². The zero-order valence-corrected chi connectivity index (χ0v) is 44.7. The Hall–Kier alpha value is -3.05. The second-order valence-corrected chi connectivity index (χ2v) is 22.8. The molecule has 1 aromatic carbocycles. The van der Waals surface area contributed by atoms with Crippen molar-refractivity contribution < 1.29 is 42.3 Å². The number of allylic oxidation sites excluding steroid dienone is 3.